The van der Waals surface area contributed by atoms with E-state index < -0.39 is 0 Å². The fraction of sp³-hybridized carbons (Fsp3) is 0.652. The van der Waals surface area contributed by atoms with Crippen LogP contribution in [0.2, 0.25) is 0 Å². The smallest absolute Gasteiger partial charge is 0.246 e. The van der Waals surface area contributed by atoms with Gasteiger partial charge < -0.3 is 19.3 Å². The summed E-state index contributed by atoms with van der Waals surface area (Å²) in [5, 5.41) is 7.04. The van der Waals surface area contributed by atoms with Crippen molar-refractivity contribution in [3.05, 3.63) is 29.5 Å². The van der Waals surface area contributed by atoms with Gasteiger partial charge in [-0.1, -0.05) is 5.16 Å². The van der Waals surface area contributed by atoms with Crippen LogP contribution in [0.15, 0.2) is 16.8 Å². The minimum Gasteiger partial charge on any atom is -0.376 e. The summed E-state index contributed by atoms with van der Waals surface area (Å²) in [5.41, 5.74) is 2.83. The van der Waals surface area contributed by atoms with Crippen molar-refractivity contribution < 1.29 is 18.8 Å². The number of nitrogens with one attached hydrogen (secondary N) is 1. The molecular formula is C23H32N4O4. The van der Waals surface area contributed by atoms with Crippen molar-refractivity contribution in [1.82, 2.24) is 20.4 Å². The average molecular weight is 429 g/mol. The maximum Gasteiger partial charge on any atom is 0.246 e. The summed E-state index contributed by atoms with van der Waals surface area (Å²) in [6.07, 6.45) is 8.28. The lowest BCUT2D eigenvalue weighted by atomic mass is 9.79. The first-order valence-electron chi connectivity index (χ1n) is 11.3. The lowest BCUT2D eigenvalue weighted by molar-refractivity contribution is -0.127. The van der Waals surface area contributed by atoms with Gasteiger partial charge in [0, 0.05) is 31.3 Å². The van der Waals surface area contributed by atoms with Crippen LogP contribution in [-0.2, 0) is 14.3 Å². The second kappa shape index (κ2) is 10.3. The molecule has 168 valence electrons. The van der Waals surface area contributed by atoms with Gasteiger partial charge in [-0.3, -0.25) is 4.79 Å². The Kier molecular flexibility index (Phi) is 7.29. The van der Waals surface area contributed by atoms with Crippen LogP contribution in [0.25, 0.3) is 11.3 Å². The van der Waals surface area contributed by atoms with Gasteiger partial charge >= 0.3 is 0 Å². The van der Waals surface area contributed by atoms with E-state index in [1.165, 1.54) is 0 Å². The van der Waals surface area contributed by atoms with Gasteiger partial charge in [0.1, 0.15) is 12.4 Å². The molecule has 1 amide bonds. The van der Waals surface area contributed by atoms with Crippen molar-refractivity contribution in [2.45, 2.75) is 64.4 Å². The number of carbonyl (C=O) groups is 1. The van der Waals surface area contributed by atoms with E-state index in [0.717, 1.165) is 73.7 Å². The fourth-order valence-electron chi connectivity index (χ4n) is 4.49. The second-order valence-corrected chi connectivity index (χ2v) is 8.72. The molecule has 2 aliphatic rings. The molecular weight excluding hydrogens is 396 g/mol. The number of amides is 1. The Labute approximate surface area is 183 Å². The zero-order valence-electron chi connectivity index (χ0n) is 18.4. The third-order valence-electron chi connectivity index (χ3n) is 6.21. The normalized spacial score (nSPS) is 23.7. The van der Waals surface area contributed by atoms with Crippen LogP contribution in [0, 0.1) is 19.8 Å². The molecule has 3 heterocycles. The van der Waals surface area contributed by atoms with E-state index in [9.17, 15) is 4.79 Å². The van der Waals surface area contributed by atoms with Gasteiger partial charge in [-0.15, -0.1) is 0 Å². The first-order valence-corrected chi connectivity index (χ1v) is 11.3. The number of aryl methyl sites for hydroxylation is 2. The molecule has 1 aliphatic heterocycles. The molecule has 1 N–H and O–H groups in total. The standard InChI is InChI=1S/C23H32N4O4/c1-15-10-21(31-27-15)20-12-24-16(2)26-23(20)18-7-5-17(6-8-18)11-25-22(28)14-29-13-19-4-3-9-30-19/h10,12,17-19H,3-9,11,13-14H2,1-2H3,(H,25,28). The van der Waals surface area contributed by atoms with Gasteiger partial charge in [-0.25, -0.2) is 9.97 Å². The van der Waals surface area contributed by atoms with E-state index in [0.29, 0.717) is 25.0 Å². The van der Waals surface area contributed by atoms with E-state index >= 15 is 0 Å². The van der Waals surface area contributed by atoms with Gasteiger partial charge in [0.15, 0.2) is 5.76 Å². The van der Waals surface area contributed by atoms with Gasteiger partial charge in [-0.2, -0.15) is 0 Å². The summed E-state index contributed by atoms with van der Waals surface area (Å²) in [4.78, 5) is 21.2. The Morgan fingerprint density at radius 2 is 2.06 bits per heavy atom. The second-order valence-electron chi connectivity index (χ2n) is 8.72. The molecule has 0 spiro atoms. The SMILES string of the molecule is Cc1cc(-c2cnc(C)nc2C2CCC(CNC(=O)COCC3CCCO3)CC2)on1. The van der Waals surface area contributed by atoms with E-state index in [1.54, 1.807) is 0 Å². The molecule has 1 aliphatic carbocycles. The molecule has 8 heteroatoms. The minimum atomic E-state index is -0.0467. The Balaban J connectivity index is 1.24. The van der Waals surface area contributed by atoms with E-state index in [2.05, 4.69) is 15.5 Å². The van der Waals surface area contributed by atoms with Crippen molar-refractivity contribution in [1.29, 1.82) is 0 Å². The highest BCUT2D eigenvalue weighted by Gasteiger charge is 2.27. The van der Waals surface area contributed by atoms with Gasteiger partial charge in [0.2, 0.25) is 5.91 Å². The average Bonchev–Trinajstić information content (AvgIpc) is 3.44. The van der Waals surface area contributed by atoms with Crippen LogP contribution < -0.4 is 5.32 Å². The van der Waals surface area contributed by atoms with Crippen LogP contribution >= 0.6 is 0 Å². The highest BCUT2D eigenvalue weighted by atomic mass is 16.5. The maximum atomic E-state index is 12.1. The number of aromatic nitrogens is 3. The molecule has 0 aromatic carbocycles. The molecule has 2 fully saturated rings. The lowest BCUT2D eigenvalue weighted by Crippen LogP contribution is -2.34. The van der Waals surface area contributed by atoms with E-state index in [1.807, 2.05) is 26.1 Å². The Morgan fingerprint density at radius 3 is 2.77 bits per heavy atom. The summed E-state index contributed by atoms with van der Waals surface area (Å²) < 4.78 is 16.5. The van der Waals surface area contributed by atoms with Gasteiger partial charge in [0.05, 0.1) is 29.7 Å². The van der Waals surface area contributed by atoms with Crippen molar-refractivity contribution in [2.24, 2.45) is 5.92 Å². The monoisotopic (exact) mass is 428 g/mol. The Bertz CT molecular complexity index is 870. The van der Waals surface area contributed by atoms with E-state index in [-0.39, 0.29) is 18.6 Å². The zero-order chi connectivity index (χ0) is 21.6. The Hall–Kier alpha value is -2.32. The van der Waals surface area contributed by atoms with Crippen LogP contribution in [0.5, 0.6) is 0 Å². The fourth-order valence-corrected chi connectivity index (χ4v) is 4.49. The lowest BCUT2D eigenvalue weighted by Gasteiger charge is -2.29. The molecule has 0 radical (unpaired) electrons. The maximum absolute atomic E-state index is 12.1. The third kappa shape index (κ3) is 5.89. The number of hydrogen-bond donors (Lipinski definition) is 1. The van der Waals surface area contributed by atoms with Crippen LogP contribution in [0.1, 0.15) is 61.7 Å². The molecule has 1 atom stereocenters. The van der Waals surface area contributed by atoms with Crippen LogP contribution in [0.3, 0.4) is 0 Å². The third-order valence-corrected chi connectivity index (χ3v) is 6.21. The van der Waals surface area contributed by atoms with Crippen molar-refractivity contribution >= 4 is 5.91 Å². The summed E-state index contributed by atoms with van der Waals surface area (Å²) in [7, 11) is 0. The van der Waals surface area contributed by atoms with Crippen molar-refractivity contribution in [2.75, 3.05) is 26.4 Å². The molecule has 1 unspecified atom stereocenters. The predicted molar refractivity (Wildman–Crippen MR) is 115 cm³/mol. The summed E-state index contributed by atoms with van der Waals surface area (Å²) in [6.45, 7) is 5.94. The summed E-state index contributed by atoms with van der Waals surface area (Å²) in [6, 6.07) is 1.93. The summed E-state index contributed by atoms with van der Waals surface area (Å²) in [5.74, 6) is 2.30. The molecule has 0 bridgehead atoms. The molecule has 31 heavy (non-hydrogen) atoms. The Morgan fingerprint density at radius 1 is 1.23 bits per heavy atom. The molecule has 4 rings (SSSR count). The quantitative estimate of drug-likeness (QED) is 0.688. The molecule has 1 saturated carbocycles. The molecule has 2 aromatic rings. The number of nitrogens with zero attached hydrogens (tertiary/aromatic N) is 3. The molecule has 8 nitrogen and oxygen atoms in total. The highest BCUT2D eigenvalue weighted by molar-refractivity contribution is 5.77. The van der Waals surface area contributed by atoms with Gasteiger partial charge in [-0.05, 0) is 58.3 Å². The van der Waals surface area contributed by atoms with Crippen molar-refractivity contribution in [3.8, 4) is 11.3 Å². The number of hydrogen-bond acceptors (Lipinski definition) is 7. The molecule has 1 saturated heterocycles. The zero-order valence-corrected chi connectivity index (χ0v) is 18.4. The minimum absolute atomic E-state index is 0.0467. The first-order chi connectivity index (χ1) is 15.1. The highest BCUT2D eigenvalue weighted by Crippen LogP contribution is 2.38. The van der Waals surface area contributed by atoms with Crippen LogP contribution in [0.4, 0.5) is 0 Å². The van der Waals surface area contributed by atoms with Crippen LogP contribution in [-0.4, -0.2) is 53.5 Å². The molecule has 2 aromatic heterocycles. The largest absolute Gasteiger partial charge is 0.376 e. The van der Waals surface area contributed by atoms with Crippen molar-refractivity contribution in [3.63, 3.8) is 0 Å². The topological polar surface area (TPSA) is 99.4 Å². The summed E-state index contributed by atoms with van der Waals surface area (Å²) >= 11 is 0. The number of ether oxygens (including phenoxy) is 2. The predicted octanol–water partition coefficient (Wildman–Crippen LogP) is 3.33. The van der Waals surface area contributed by atoms with E-state index in [4.69, 9.17) is 19.0 Å². The number of carbonyl (C=O) groups excluding carboxylic acids is 1. The number of rotatable bonds is 8. The first kappa shape index (κ1) is 21.9. The van der Waals surface area contributed by atoms with Gasteiger partial charge in [0.25, 0.3) is 0 Å².